The molecule has 0 atom stereocenters. The van der Waals surface area contributed by atoms with E-state index < -0.39 is 73.8 Å². The van der Waals surface area contributed by atoms with Gasteiger partial charge in [0, 0.05) is 0 Å². The number of carbonyl (C=O) groups is 3. The fourth-order valence-electron chi connectivity index (χ4n) is 2.15. The number of ether oxygens (including phenoxy) is 3. The van der Waals surface area contributed by atoms with Gasteiger partial charge in [0.15, 0.2) is 0 Å². The van der Waals surface area contributed by atoms with Gasteiger partial charge in [0.1, 0.15) is 35.2 Å². The molecule has 0 aliphatic heterocycles. The van der Waals surface area contributed by atoms with E-state index in [9.17, 15) is 34.8 Å². The smallest absolute Gasteiger partial charge is 0.324 e. The van der Waals surface area contributed by atoms with Crippen LogP contribution in [-0.4, -0.2) is 78.0 Å². The molecule has 0 amide bonds. The Hall–Kier alpha value is -2.53. The molecule has 0 bridgehead atoms. The van der Waals surface area contributed by atoms with Crippen molar-refractivity contribution in [1.82, 2.24) is 0 Å². The zero-order valence-corrected chi connectivity index (χ0v) is 18.8. The Morgan fingerprint density at radius 2 is 1.06 bits per heavy atom. The quantitative estimate of drug-likeness (QED) is 0.248. The number of aliphatic hydroxyl groups is 4. The van der Waals surface area contributed by atoms with Crippen molar-refractivity contribution in [1.29, 1.82) is 0 Å². The molecule has 10 heteroatoms. The molecule has 0 spiro atoms. The largest absolute Gasteiger partial charge is 0.464 e. The van der Waals surface area contributed by atoms with Crippen LogP contribution in [0.2, 0.25) is 0 Å². The summed E-state index contributed by atoms with van der Waals surface area (Å²) < 4.78 is 15.7. The number of esters is 3. The molecule has 0 saturated carbocycles. The van der Waals surface area contributed by atoms with Gasteiger partial charge in [-0.3, -0.25) is 14.4 Å². The molecule has 0 fully saturated rings. The highest BCUT2D eigenvalue weighted by molar-refractivity contribution is 5.82. The van der Waals surface area contributed by atoms with Gasteiger partial charge in [-0.15, -0.1) is 0 Å². The number of rotatable bonds is 12. The third-order valence-electron chi connectivity index (χ3n) is 5.15. The van der Waals surface area contributed by atoms with Crippen LogP contribution in [0.15, 0.2) is 24.3 Å². The summed E-state index contributed by atoms with van der Waals surface area (Å²) in [5, 5.41) is 37.4. The molecule has 0 aliphatic rings. The van der Waals surface area contributed by atoms with E-state index in [-0.39, 0.29) is 5.75 Å². The van der Waals surface area contributed by atoms with Crippen molar-refractivity contribution >= 4 is 17.9 Å². The first-order valence-corrected chi connectivity index (χ1v) is 9.96. The van der Waals surface area contributed by atoms with E-state index in [1.807, 2.05) is 6.92 Å². The van der Waals surface area contributed by atoms with Crippen molar-refractivity contribution in [2.75, 3.05) is 39.6 Å². The lowest BCUT2D eigenvalue weighted by Crippen LogP contribution is -2.46. The maximum Gasteiger partial charge on any atom is 0.324 e. The van der Waals surface area contributed by atoms with Crippen LogP contribution in [0.1, 0.15) is 26.3 Å². The Bertz CT molecular complexity index is 744. The van der Waals surface area contributed by atoms with Gasteiger partial charge in [0.2, 0.25) is 0 Å². The lowest BCUT2D eigenvalue weighted by molar-refractivity contribution is -0.175. The average Bonchev–Trinajstić information content (AvgIpc) is 2.81. The molecule has 180 valence electrons. The fraction of sp³-hybridized carbons (Fsp3) is 0.591. The normalized spacial score (nSPS) is 12.2. The molecule has 32 heavy (non-hydrogen) atoms. The van der Waals surface area contributed by atoms with Gasteiger partial charge in [-0.25, -0.2) is 0 Å². The predicted octanol–water partition coefficient (Wildman–Crippen LogP) is -0.0251. The Labute approximate surface area is 186 Å². The second-order valence-electron chi connectivity index (χ2n) is 8.67. The molecule has 0 saturated heterocycles. The highest BCUT2D eigenvalue weighted by Gasteiger charge is 2.43. The maximum atomic E-state index is 12.9. The molecular weight excluding hydrogens is 424 g/mol. The molecule has 10 nitrogen and oxygen atoms in total. The molecule has 1 rings (SSSR count). The van der Waals surface area contributed by atoms with Gasteiger partial charge >= 0.3 is 17.9 Å². The van der Waals surface area contributed by atoms with Crippen molar-refractivity contribution < 1.29 is 49.0 Å². The number of carbonyl (C=O) groups excluding carboxylic acids is 3. The Morgan fingerprint density at radius 1 is 0.688 bits per heavy atom. The summed E-state index contributed by atoms with van der Waals surface area (Å²) in [6.07, 6.45) is 0. The summed E-state index contributed by atoms with van der Waals surface area (Å²) in [5.74, 6) is -2.57. The van der Waals surface area contributed by atoms with Crippen LogP contribution < -0.4 is 4.74 Å². The van der Waals surface area contributed by atoms with Gasteiger partial charge in [-0.05, 0) is 39.8 Å². The molecular formula is C22H32O10. The van der Waals surface area contributed by atoms with Gasteiger partial charge < -0.3 is 34.6 Å². The Morgan fingerprint density at radius 3 is 1.41 bits per heavy atom. The molecule has 0 heterocycles. The van der Waals surface area contributed by atoms with Crippen LogP contribution in [-0.2, 0) is 23.9 Å². The predicted molar refractivity (Wildman–Crippen MR) is 111 cm³/mol. The Kier molecular flexibility index (Phi) is 9.77. The SMILES string of the molecule is Cc1ccc(OC(=O)C(C)(COC(=O)C(C)(CO)CO)COC(=O)C(C)(CO)CO)cc1. The minimum Gasteiger partial charge on any atom is -0.464 e. The average molecular weight is 456 g/mol. The molecule has 0 aromatic heterocycles. The topological polar surface area (TPSA) is 160 Å². The highest BCUT2D eigenvalue weighted by Crippen LogP contribution is 2.27. The zero-order chi connectivity index (χ0) is 24.6. The summed E-state index contributed by atoms with van der Waals surface area (Å²) in [6, 6.07) is 6.58. The van der Waals surface area contributed by atoms with Crippen molar-refractivity contribution in [3.05, 3.63) is 29.8 Å². The zero-order valence-electron chi connectivity index (χ0n) is 18.8. The van der Waals surface area contributed by atoms with Crippen LogP contribution in [0.5, 0.6) is 5.75 Å². The van der Waals surface area contributed by atoms with E-state index in [1.165, 1.54) is 20.8 Å². The minimum absolute atomic E-state index is 0.218. The number of aliphatic hydroxyl groups excluding tert-OH is 4. The van der Waals surface area contributed by atoms with Crippen molar-refractivity contribution in [2.24, 2.45) is 16.2 Å². The van der Waals surface area contributed by atoms with E-state index in [0.717, 1.165) is 5.56 Å². The van der Waals surface area contributed by atoms with E-state index in [1.54, 1.807) is 24.3 Å². The molecule has 0 unspecified atom stereocenters. The molecule has 0 aliphatic carbocycles. The summed E-state index contributed by atoms with van der Waals surface area (Å²) >= 11 is 0. The van der Waals surface area contributed by atoms with E-state index in [0.29, 0.717) is 0 Å². The summed E-state index contributed by atoms with van der Waals surface area (Å²) in [4.78, 5) is 37.5. The first-order chi connectivity index (χ1) is 14.9. The summed E-state index contributed by atoms with van der Waals surface area (Å²) in [6.45, 7) is 1.84. The standard InChI is InChI=1S/C22H32O10/c1-15-5-7-16(8-6-15)32-19(29)22(4,13-30-17(27)20(2,9-23)10-24)14-31-18(28)21(3,11-25)12-26/h5-8,23-26H,9-14H2,1-4H3. The van der Waals surface area contributed by atoms with Gasteiger partial charge in [-0.1, -0.05) is 17.7 Å². The van der Waals surface area contributed by atoms with Crippen LogP contribution in [0.25, 0.3) is 0 Å². The van der Waals surface area contributed by atoms with Crippen LogP contribution in [0, 0.1) is 23.2 Å². The lowest BCUT2D eigenvalue weighted by atomic mass is 9.90. The molecule has 0 radical (unpaired) electrons. The Balaban J connectivity index is 3.06. The lowest BCUT2D eigenvalue weighted by Gasteiger charge is -2.30. The van der Waals surface area contributed by atoms with Crippen LogP contribution >= 0.6 is 0 Å². The van der Waals surface area contributed by atoms with E-state index in [4.69, 9.17) is 14.2 Å². The van der Waals surface area contributed by atoms with Crippen molar-refractivity contribution in [2.45, 2.75) is 27.7 Å². The number of benzene rings is 1. The van der Waals surface area contributed by atoms with Crippen LogP contribution in [0.4, 0.5) is 0 Å². The number of hydrogen-bond donors (Lipinski definition) is 4. The maximum absolute atomic E-state index is 12.9. The number of hydrogen-bond acceptors (Lipinski definition) is 10. The minimum atomic E-state index is -1.67. The fourth-order valence-corrected chi connectivity index (χ4v) is 2.15. The first kappa shape index (κ1) is 27.5. The first-order valence-electron chi connectivity index (χ1n) is 9.96. The molecule has 4 N–H and O–H groups in total. The monoisotopic (exact) mass is 456 g/mol. The van der Waals surface area contributed by atoms with Gasteiger partial charge in [0.05, 0.1) is 26.4 Å². The van der Waals surface area contributed by atoms with Crippen LogP contribution in [0.3, 0.4) is 0 Å². The second-order valence-corrected chi connectivity index (χ2v) is 8.67. The van der Waals surface area contributed by atoms with E-state index >= 15 is 0 Å². The molecule has 1 aromatic rings. The van der Waals surface area contributed by atoms with E-state index in [2.05, 4.69) is 0 Å². The molecule has 1 aromatic carbocycles. The second kappa shape index (κ2) is 11.4. The van der Waals surface area contributed by atoms with Crippen molar-refractivity contribution in [3.8, 4) is 5.75 Å². The highest BCUT2D eigenvalue weighted by atomic mass is 16.6. The summed E-state index contributed by atoms with van der Waals surface area (Å²) in [7, 11) is 0. The van der Waals surface area contributed by atoms with Gasteiger partial charge in [0.25, 0.3) is 0 Å². The third-order valence-corrected chi connectivity index (χ3v) is 5.15. The number of aryl methyl sites for hydroxylation is 1. The van der Waals surface area contributed by atoms with Crippen molar-refractivity contribution in [3.63, 3.8) is 0 Å². The third kappa shape index (κ3) is 6.73. The summed E-state index contributed by atoms with van der Waals surface area (Å²) in [5.41, 5.74) is -3.92. The van der Waals surface area contributed by atoms with Gasteiger partial charge in [-0.2, -0.15) is 0 Å².